The summed E-state index contributed by atoms with van der Waals surface area (Å²) in [4.78, 5) is 0. The molecule has 0 fully saturated rings. The molecule has 0 aliphatic carbocycles. The lowest BCUT2D eigenvalue weighted by molar-refractivity contribution is 0.133. The van der Waals surface area contributed by atoms with Crippen LogP contribution in [0.5, 0.6) is 0 Å². The molecule has 0 saturated heterocycles. The Balaban J connectivity index is 2.93. The summed E-state index contributed by atoms with van der Waals surface area (Å²) in [5, 5.41) is 13.1. The molecule has 1 aromatic heterocycles. The Morgan fingerprint density at radius 3 is 2.82 bits per heavy atom. The molecule has 0 aliphatic rings. The average Bonchev–Trinajstić information content (AvgIpc) is 2.28. The fraction of sp³-hybridized carbons (Fsp3) is 0.571. The van der Waals surface area contributed by atoms with Gasteiger partial charge >= 0.3 is 0 Å². The Morgan fingerprint density at radius 2 is 2.45 bits per heavy atom. The van der Waals surface area contributed by atoms with Crippen molar-refractivity contribution in [3.05, 3.63) is 17.5 Å². The fourth-order valence-electron chi connectivity index (χ4n) is 1.02. The smallest absolute Gasteiger partial charge is 0.124 e. The zero-order valence-electron chi connectivity index (χ0n) is 6.58. The predicted octanol–water partition coefficient (Wildman–Crippen LogP) is 0.731. The first-order valence-corrected chi connectivity index (χ1v) is 3.39. The third kappa shape index (κ3) is 1.57. The van der Waals surface area contributed by atoms with Crippen LogP contribution < -0.4 is 0 Å². The van der Waals surface area contributed by atoms with Crippen molar-refractivity contribution in [1.82, 2.24) is 9.78 Å². The largest absolute Gasteiger partial charge is 0.384 e. The van der Waals surface area contributed by atoms with E-state index in [-0.39, 0.29) is 0 Å². The van der Waals surface area contributed by atoms with E-state index in [1.807, 2.05) is 0 Å². The average molecular weight is 158 g/mol. The maximum atomic E-state index is 12.0. The molecule has 1 atom stereocenters. The van der Waals surface area contributed by atoms with E-state index in [2.05, 4.69) is 5.10 Å². The Kier molecular flexibility index (Phi) is 2.24. The van der Waals surface area contributed by atoms with E-state index < -0.39 is 12.8 Å². The van der Waals surface area contributed by atoms with Gasteiger partial charge in [-0.3, -0.25) is 4.68 Å². The number of rotatable bonds is 2. The molecule has 0 aliphatic heterocycles. The van der Waals surface area contributed by atoms with Gasteiger partial charge in [-0.2, -0.15) is 5.10 Å². The van der Waals surface area contributed by atoms with Crippen LogP contribution in [0.1, 0.15) is 17.5 Å². The number of nitrogens with zero attached hydrogens (tertiary/aromatic N) is 2. The molecule has 1 heterocycles. The van der Waals surface area contributed by atoms with E-state index in [1.165, 1.54) is 4.68 Å². The second-order valence-corrected chi connectivity index (χ2v) is 2.50. The van der Waals surface area contributed by atoms with Crippen LogP contribution in [0.4, 0.5) is 4.39 Å². The lowest BCUT2D eigenvalue weighted by atomic mass is 10.2. The van der Waals surface area contributed by atoms with Crippen LogP contribution in [0.2, 0.25) is 0 Å². The van der Waals surface area contributed by atoms with Gasteiger partial charge in [-0.25, -0.2) is 4.39 Å². The highest BCUT2D eigenvalue weighted by Gasteiger charge is 2.11. The van der Waals surface area contributed by atoms with Gasteiger partial charge in [0.05, 0.1) is 11.4 Å². The minimum atomic E-state index is -1.04. The topological polar surface area (TPSA) is 38.0 Å². The van der Waals surface area contributed by atoms with E-state index >= 15 is 0 Å². The molecule has 3 nitrogen and oxygen atoms in total. The molecule has 1 unspecified atom stereocenters. The van der Waals surface area contributed by atoms with Crippen LogP contribution in [0.3, 0.4) is 0 Å². The monoisotopic (exact) mass is 158 g/mol. The van der Waals surface area contributed by atoms with Crippen LogP contribution in [-0.2, 0) is 7.05 Å². The zero-order chi connectivity index (χ0) is 8.43. The number of hydrogen-bond donors (Lipinski definition) is 1. The third-order valence-corrected chi connectivity index (χ3v) is 1.53. The summed E-state index contributed by atoms with van der Waals surface area (Å²) in [5.74, 6) is 0. The first kappa shape index (κ1) is 8.20. The molecule has 1 N–H and O–H groups in total. The van der Waals surface area contributed by atoms with Crippen LogP contribution in [0, 0.1) is 6.92 Å². The molecule has 1 rings (SSSR count). The van der Waals surface area contributed by atoms with Crippen molar-refractivity contribution in [2.24, 2.45) is 7.05 Å². The summed E-state index contributed by atoms with van der Waals surface area (Å²) in [7, 11) is 1.68. The van der Waals surface area contributed by atoms with Gasteiger partial charge in [0, 0.05) is 7.05 Å². The molecule has 0 bridgehead atoms. The molecule has 0 spiro atoms. The highest BCUT2D eigenvalue weighted by atomic mass is 19.1. The minimum absolute atomic E-state index is 0.519. The first-order chi connectivity index (χ1) is 5.15. The van der Waals surface area contributed by atoms with Gasteiger partial charge in [0.15, 0.2) is 0 Å². The lowest BCUT2D eigenvalue weighted by Gasteiger charge is -2.04. The molecule has 0 saturated carbocycles. The van der Waals surface area contributed by atoms with E-state index in [0.717, 1.165) is 5.69 Å². The van der Waals surface area contributed by atoms with E-state index in [4.69, 9.17) is 5.11 Å². The van der Waals surface area contributed by atoms with Gasteiger partial charge in [-0.1, -0.05) is 0 Å². The summed E-state index contributed by atoms with van der Waals surface area (Å²) in [6.07, 6.45) is -1.04. The fourth-order valence-corrected chi connectivity index (χ4v) is 1.02. The molecule has 0 amide bonds. The van der Waals surface area contributed by atoms with Crippen LogP contribution in [-0.4, -0.2) is 21.6 Å². The Bertz CT molecular complexity index is 247. The quantitative estimate of drug-likeness (QED) is 0.689. The van der Waals surface area contributed by atoms with Gasteiger partial charge in [-0.05, 0) is 13.0 Å². The van der Waals surface area contributed by atoms with E-state index in [0.29, 0.717) is 5.69 Å². The van der Waals surface area contributed by atoms with Crippen molar-refractivity contribution in [2.75, 3.05) is 6.67 Å². The lowest BCUT2D eigenvalue weighted by Crippen LogP contribution is -2.06. The summed E-state index contributed by atoms with van der Waals surface area (Å²) in [6.45, 7) is 1.04. The number of halogens is 1. The SMILES string of the molecule is Cc1cc(C(O)CF)n(C)n1. The van der Waals surface area contributed by atoms with Gasteiger partial charge in [0.1, 0.15) is 12.8 Å². The summed E-state index contributed by atoms with van der Waals surface area (Å²) in [6, 6.07) is 1.67. The molecule has 11 heavy (non-hydrogen) atoms. The Hall–Kier alpha value is -0.900. The van der Waals surface area contributed by atoms with Crippen LogP contribution in [0.15, 0.2) is 6.07 Å². The van der Waals surface area contributed by atoms with Crippen molar-refractivity contribution in [3.8, 4) is 0 Å². The van der Waals surface area contributed by atoms with Gasteiger partial charge in [0.2, 0.25) is 0 Å². The Labute approximate surface area is 64.5 Å². The highest BCUT2D eigenvalue weighted by molar-refractivity contribution is 5.11. The maximum absolute atomic E-state index is 12.0. The highest BCUT2D eigenvalue weighted by Crippen LogP contribution is 2.12. The third-order valence-electron chi connectivity index (χ3n) is 1.53. The molecule has 0 aromatic carbocycles. The Morgan fingerprint density at radius 1 is 1.82 bits per heavy atom. The van der Waals surface area contributed by atoms with Crippen molar-refractivity contribution in [2.45, 2.75) is 13.0 Å². The molecular formula is C7H11FN2O. The number of aliphatic hydroxyl groups is 1. The predicted molar refractivity (Wildman–Crippen MR) is 38.9 cm³/mol. The number of hydrogen-bond acceptors (Lipinski definition) is 2. The summed E-state index contributed by atoms with van der Waals surface area (Å²) < 4.78 is 13.5. The minimum Gasteiger partial charge on any atom is -0.384 e. The van der Waals surface area contributed by atoms with Gasteiger partial charge in [-0.15, -0.1) is 0 Å². The van der Waals surface area contributed by atoms with E-state index in [9.17, 15) is 4.39 Å². The molecule has 4 heteroatoms. The maximum Gasteiger partial charge on any atom is 0.124 e. The number of alkyl halides is 1. The number of aliphatic hydroxyl groups excluding tert-OH is 1. The number of aryl methyl sites for hydroxylation is 2. The number of aromatic nitrogens is 2. The second kappa shape index (κ2) is 3.00. The van der Waals surface area contributed by atoms with Crippen molar-refractivity contribution < 1.29 is 9.50 Å². The van der Waals surface area contributed by atoms with Crippen LogP contribution in [0.25, 0.3) is 0 Å². The second-order valence-electron chi connectivity index (χ2n) is 2.50. The standard InChI is InChI=1S/C7H11FN2O/c1-5-3-6(7(11)4-8)10(2)9-5/h3,7,11H,4H2,1-2H3. The van der Waals surface area contributed by atoms with Crippen molar-refractivity contribution in [3.63, 3.8) is 0 Å². The summed E-state index contributed by atoms with van der Waals surface area (Å²) in [5.41, 5.74) is 1.31. The normalized spacial score (nSPS) is 13.5. The zero-order valence-corrected chi connectivity index (χ0v) is 6.58. The molecule has 1 aromatic rings. The summed E-state index contributed by atoms with van der Waals surface area (Å²) >= 11 is 0. The van der Waals surface area contributed by atoms with E-state index in [1.54, 1.807) is 20.0 Å². The van der Waals surface area contributed by atoms with Crippen molar-refractivity contribution >= 4 is 0 Å². The van der Waals surface area contributed by atoms with Gasteiger partial charge < -0.3 is 5.11 Å². The first-order valence-electron chi connectivity index (χ1n) is 3.39. The van der Waals surface area contributed by atoms with Crippen molar-refractivity contribution in [1.29, 1.82) is 0 Å². The molecule has 62 valence electrons. The van der Waals surface area contributed by atoms with Gasteiger partial charge in [0.25, 0.3) is 0 Å². The molecular weight excluding hydrogens is 147 g/mol. The molecule has 0 radical (unpaired) electrons. The van der Waals surface area contributed by atoms with Crippen LogP contribution >= 0.6 is 0 Å².